The van der Waals surface area contributed by atoms with E-state index in [0.29, 0.717) is 25.9 Å². The molecule has 344 valence electrons. The fraction of sp³-hybridized carbons (Fsp3) is 0.709. The second kappa shape index (κ2) is 50.4. The van der Waals surface area contributed by atoms with Crippen molar-refractivity contribution >= 4 is 11.9 Å². The summed E-state index contributed by atoms with van der Waals surface area (Å²) in [5.74, 6) is -0.499. The topological polar surface area (TPSA) is 61.8 Å². The number of unbranched alkanes of at least 4 members (excludes halogenated alkanes) is 20. The molecule has 0 aromatic heterocycles. The van der Waals surface area contributed by atoms with Crippen LogP contribution in [-0.4, -0.2) is 37.9 Å². The van der Waals surface area contributed by atoms with E-state index in [9.17, 15) is 9.59 Å². The van der Waals surface area contributed by atoms with Gasteiger partial charge in [0.1, 0.15) is 6.61 Å². The van der Waals surface area contributed by atoms with Gasteiger partial charge >= 0.3 is 11.9 Å². The van der Waals surface area contributed by atoms with Crippen LogP contribution in [0, 0.1) is 0 Å². The SMILES string of the molecule is CC/C=C\C/C=C\C/C=C\C/C=C\C/C=C\C/C=C\CCC(=O)OCC(COCCCCCCCC/C=C\CCCCCCCC)OC(=O)CCCCCCCCCCC. The highest BCUT2D eigenvalue weighted by Gasteiger charge is 2.17. The molecule has 0 rings (SSSR count). The van der Waals surface area contributed by atoms with Crippen molar-refractivity contribution in [1.82, 2.24) is 0 Å². The molecule has 0 saturated carbocycles. The molecule has 0 spiro atoms. The standard InChI is InChI=1S/C55H94O5/c1-4-7-10-13-16-19-21-23-25-27-28-29-30-32-34-37-39-42-45-48-54(56)59-52-53(60-55(57)49-46-43-40-36-18-15-12-9-6-3)51-58-50-47-44-41-38-35-33-31-26-24-22-20-17-14-11-8-5-2/h7,10,16,19,23-26,28-29,32,34,39,42,53H,4-6,8-9,11-15,17-18,20-22,27,30-31,33,35-38,40-41,43-52H2,1-3H3/b10-7-,19-16-,25-23-,26-24-,29-28-,34-32-,42-39-. The molecule has 0 saturated heterocycles. The molecule has 0 radical (unpaired) electrons. The fourth-order valence-electron chi connectivity index (χ4n) is 6.71. The van der Waals surface area contributed by atoms with Gasteiger partial charge in [-0.15, -0.1) is 0 Å². The fourth-order valence-corrected chi connectivity index (χ4v) is 6.71. The summed E-state index contributed by atoms with van der Waals surface area (Å²) in [7, 11) is 0. The molecule has 0 bridgehead atoms. The summed E-state index contributed by atoms with van der Waals surface area (Å²) < 4.78 is 17.3. The lowest BCUT2D eigenvalue weighted by Crippen LogP contribution is -2.30. The Morgan fingerprint density at radius 2 is 0.783 bits per heavy atom. The van der Waals surface area contributed by atoms with Crippen molar-refractivity contribution in [2.24, 2.45) is 0 Å². The van der Waals surface area contributed by atoms with Crippen LogP contribution in [0.2, 0.25) is 0 Å². The summed E-state index contributed by atoms with van der Waals surface area (Å²) in [5, 5.41) is 0. The Morgan fingerprint density at radius 1 is 0.383 bits per heavy atom. The third-order valence-electron chi connectivity index (χ3n) is 10.4. The van der Waals surface area contributed by atoms with Gasteiger partial charge in [0.25, 0.3) is 0 Å². The molecular formula is C55H94O5. The second-order valence-electron chi connectivity index (χ2n) is 16.3. The van der Waals surface area contributed by atoms with Crippen LogP contribution in [0.15, 0.2) is 85.1 Å². The summed E-state index contributed by atoms with van der Waals surface area (Å²) in [6.07, 6.45) is 66.0. The van der Waals surface area contributed by atoms with Gasteiger partial charge in [0.2, 0.25) is 0 Å². The van der Waals surface area contributed by atoms with E-state index in [1.165, 1.54) is 116 Å². The molecule has 1 atom stereocenters. The molecule has 0 aliphatic carbocycles. The number of carbonyl (C=O) groups is 2. The zero-order chi connectivity index (χ0) is 43.5. The van der Waals surface area contributed by atoms with Crippen LogP contribution >= 0.6 is 0 Å². The largest absolute Gasteiger partial charge is 0.462 e. The maximum absolute atomic E-state index is 12.7. The van der Waals surface area contributed by atoms with Gasteiger partial charge in [-0.3, -0.25) is 9.59 Å². The van der Waals surface area contributed by atoms with Crippen LogP contribution in [0.1, 0.15) is 226 Å². The Labute approximate surface area is 371 Å². The third kappa shape index (κ3) is 47.8. The lowest BCUT2D eigenvalue weighted by Gasteiger charge is -2.18. The number of allylic oxidation sites excluding steroid dienone is 14. The maximum atomic E-state index is 12.7. The van der Waals surface area contributed by atoms with Crippen molar-refractivity contribution in [3.05, 3.63) is 85.1 Å². The van der Waals surface area contributed by atoms with Crippen molar-refractivity contribution in [3.8, 4) is 0 Å². The molecule has 0 heterocycles. The Morgan fingerprint density at radius 3 is 1.27 bits per heavy atom. The minimum atomic E-state index is -0.569. The molecule has 1 unspecified atom stereocenters. The lowest BCUT2D eigenvalue weighted by atomic mass is 10.1. The lowest BCUT2D eigenvalue weighted by molar-refractivity contribution is -0.162. The molecule has 0 N–H and O–H groups in total. The van der Waals surface area contributed by atoms with E-state index in [0.717, 1.165) is 70.6 Å². The monoisotopic (exact) mass is 835 g/mol. The quantitative estimate of drug-likeness (QED) is 0.0347. The molecule has 5 heteroatoms. The highest BCUT2D eigenvalue weighted by Crippen LogP contribution is 2.13. The predicted molar refractivity (Wildman–Crippen MR) is 260 cm³/mol. The van der Waals surface area contributed by atoms with Crippen molar-refractivity contribution < 1.29 is 23.8 Å². The molecule has 5 nitrogen and oxygen atoms in total. The van der Waals surface area contributed by atoms with Crippen molar-refractivity contribution in [2.45, 2.75) is 232 Å². The summed E-state index contributed by atoms with van der Waals surface area (Å²) in [5.41, 5.74) is 0. The molecule has 0 amide bonds. The number of carbonyl (C=O) groups excluding carboxylic acids is 2. The number of ether oxygens (including phenoxy) is 3. The zero-order valence-corrected chi connectivity index (χ0v) is 39.5. The summed E-state index contributed by atoms with van der Waals surface area (Å²) in [4.78, 5) is 25.3. The molecule has 0 fully saturated rings. The van der Waals surface area contributed by atoms with E-state index in [2.05, 4.69) is 99.8 Å². The van der Waals surface area contributed by atoms with Crippen LogP contribution in [0.5, 0.6) is 0 Å². The Kier molecular flexibility index (Phi) is 48.0. The zero-order valence-electron chi connectivity index (χ0n) is 39.5. The average Bonchev–Trinajstić information content (AvgIpc) is 3.25. The van der Waals surface area contributed by atoms with Gasteiger partial charge in [0, 0.05) is 19.4 Å². The smallest absolute Gasteiger partial charge is 0.306 e. The Hall–Kier alpha value is -2.92. The number of hydrogen-bond acceptors (Lipinski definition) is 5. The number of rotatable bonds is 45. The van der Waals surface area contributed by atoms with E-state index in [-0.39, 0.29) is 25.2 Å². The highest BCUT2D eigenvalue weighted by atomic mass is 16.6. The van der Waals surface area contributed by atoms with Crippen molar-refractivity contribution in [2.75, 3.05) is 19.8 Å². The first kappa shape index (κ1) is 57.1. The van der Waals surface area contributed by atoms with E-state index < -0.39 is 6.10 Å². The van der Waals surface area contributed by atoms with Crippen molar-refractivity contribution in [3.63, 3.8) is 0 Å². The minimum absolute atomic E-state index is 0.0412. The molecule has 0 aromatic rings. The number of hydrogen-bond donors (Lipinski definition) is 0. The normalized spacial score (nSPS) is 12.9. The van der Waals surface area contributed by atoms with Crippen LogP contribution in [-0.2, 0) is 23.8 Å². The van der Waals surface area contributed by atoms with E-state index in [1.54, 1.807) is 0 Å². The van der Waals surface area contributed by atoms with Gasteiger partial charge in [-0.05, 0) is 83.5 Å². The van der Waals surface area contributed by atoms with Gasteiger partial charge in [0.15, 0.2) is 6.10 Å². The minimum Gasteiger partial charge on any atom is -0.462 e. The molecule has 0 aromatic carbocycles. The Bertz CT molecular complexity index is 1130. The predicted octanol–water partition coefficient (Wildman–Crippen LogP) is 16.9. The first-order valence-corrected chi connectivity index (χ1v) is 25.1. The first-order chi connectivity index (χ1) is 29.6. The van der Waals surface area contributed by atoms with Crippen LogP contribution < -0.4 is 0 Å². The van der Waals surface area contributed by atoms with Crippen molar-refractivity contribution in [1.29, 1.82) is 0 Å². The summed E-state index contributed by atoms with van der Waals surface area (Å²) in [6.45, 7) is 7.60. The van der Waals surface area contributed by atoms with Crippen LogP contribution in [0.3, 0.4) is 0 Å². The molecule has 0 aliphatic rings. The molecular weight excluding hydrogens is 741 g/mol. The summed E-state index contributed by atoms with van der Waals surface area (Å²) >= 11 is 0. The van der Waals surface area contributed by atoms with Crippen LogP contribution in [0.4, 0.5) is 0 Å². The first-order valence-electron chi connectivity index (χ1n) is 25.1. The van der Waals surface area contributed by atoms with Gasteiger partial charge in [-0.25, -0.2) is 0 Å². The van der Waals surface area contributed by atoms with E-state index >= 15 is 0 Å². The molecule has 0 aliphatic heterocycles. The Balaban J connectivity index is 4.33. The summed E-state index contributed by atoms with van der Waals surface area (Å²) in [6, 6.07) is 0. The van der Waals surface area contributed by atoms with E-state index in [4.69, 9.17) is 14.2 Å². The third-order valence-corrected chi connectivity index (χ3v) is 10.4. The van der Waals surface area contributed by atoms with Gasteiger partial charge in [0.05, 0.1) is 6.61 Å². The highest BCUT2D eigenvalue weighted by molar-refractivity contribution is 5.70. The average molecular weight is 835 g/mol. The number of esters is 2. The maximum Gasteiger partial charge on any atom is 0.306 e. The second-order valence-corrected chi connectivity index (χ2v) is 16.3. The van der Waals surface area contributed by atoms with Gasteiger partial charge in [-0.2, -0.15) is 0 Å². The van der Waals surface area contributed by atoms with Gasteiger partial charge < -0.3 is 14.2 Å². The van der Waals surface area contributed by atoms with E-state index in [1.807, 2.05) is 6.08 Å². The van der Waals surface area contributed by atoms with Crippen LogP contribution in [0.25, 0.3) is 0 Å². The van der Waals surface area contributed by atoms with Gasteiger partial charge in [-0.1, -0.05) is 215 Å². The molecule has 60 heavy (non-hydrogen) atoms.